The molecule has 0 aromatic heterocycles. The molecule has 0 radical (unpaired) electrons. The van der Waals surface area contributed by atoms with Gasteiger partial charge in [-0.1, -0.05) is 26.0 Å². The number of amides is 1. The van der Waals surface area contributed by atoms with Crippen LogP contribution in [0.3, 0.4) is 0 Å². The zero-order valence-corrected chi connectivity index (χ0v) is 11.0. The Morgan fingerprint density at radius 1 is 1.39 bits per heavy atom. The summed E-state index contributed by atoms with van der Waals surface area (Å²) in [6, 6.07) is 9.60. The third-order valence-corrected chi connectivity index (χ3v) is 2.64. The molecule has 96 valence electrons. The van der Waals surface area contributed by atoms with Gasteiger partial charge < -0.3 is 9.64 Å². The fraction of sp³-hybridized carbons (Fsp3) is 0.429. The lowest BCUT2D eigenvalue weighted by Crippen LogP contribution is -2.31. The largest absolute Gasteiger partial charge is 0.484 e. The maximum atomic E-state index is 11.5. The summed E-state index contributed by atoms with van der Waals surface area (Å²) in [5.74, 6) is 0.935. The minimum absolute atomic E-state index is 0.0425. The standard InChI is InChI=1S/C14H18N2O2/c1-11(2)12-4-6-13(7-5-12)18-10-14(17)16(3)9-8-15/h4-7,11H,9-10H2,1-3H3. The van der Waals surface area contributed by atoms with Gasteiger partial charge in [0.25, 0.3) is 5.91 Å². The molecule has 0 aliphatic rings. The number of ether oxygens (including phenoxy) is 1. The molecule has 18 heavy (non-hydrogen) atoms. The highest BCUT2D eigenvalue weighted by Crippen LogP contribution is 2.18. The maximum Gasteiger partial charge on any atom is 0.261 e. The number of carbonyl (C=O) groups is 1. The van der Waals surface area contributed by atoms with Gasteiger partial charge in [-0.3, -0.25) is 4.79 Å². The molecule has 1 amide bonds. The van der Waals surface area contributed by atoms with Gasteiger partial charge in [-0.15, -0.1) is 0 Å². The summed E-state index contributed by atoms with van der Waals surface area (Å²) in [6.45, 7) is 4.28. The first-order valence-corrected chi connectivity index (χ1v) is 5.88. The number of benzene rings is 1. The smallest absolute Gasteiger partial charge is 0.261 e. The van der Waals surface area contributed by atoms with Crippen LogP contribution in [0, 0.1) is 11.3 Å². The Morgan fingerprint density at radius 2 is 2.00 bits per heavy atom. The van der Waals surface area contributed by atoms with E-state index < -0.39 is 0 Å². The van der Waals surface area contributed by atoms with Gasteiger partial charge in [-0.25, -0.2) is 0 Å². The van der Waals surface area contributed by atoms with Crippen molar-refractivity contribution in [2.24, 2.45) is 0 Å². The second-order valence-electron chi connectivity index (χ2n) is 4.42. The van der Waals surface area contributed by atoms with Gasteiger partial charge in [0.05, 0.1) is 6.07 Å². The molecule has 1 rings (SSSR count). The minimum atomic E-state index is -0.204. The number of hydrogen-bond acceptors (Lipinski definition) is 3. The monoisotopic (exact) mass is 246 g/mol. The van der Waals surface area contributed by atoms with Crippen LogP contribution in [0.2, 0.25) is 0 Å². The summed E-state index contributed by atoms with van der Waals surface area (Å²) in [6.07, 6.45) is 0. The molecule has 4 nitrogen and oxygen atoms in total. The third kappa shape index (κ3) is 4.10. The van der Waals surface area contributed by atoms with Crippen molar-refractivity contribution in [3.63, 3.8) is 0 Å². The lowest BCUT2D eigenvalue weighted by Gasteiger charge is -2.14. The maximum absolute atomic E-state index is 11.5. The predicted molar refractivity (Wildman–Crippen MR) is 69.3 cm³/mol. The number of nitriles is 1. The zero-order chi connectivity index (χ0) is 13.5. The van der Waals surface area contributed by atoms with E-state index in [4.69, 9.17) is 10.00 Å². The van der Waals surface area contributed by atoms with Gasteiger partial charge in [-0.2, -0.15) is 5.26 Å². The molecule has 1 aromatic carbocycles. The Morgan fingerprint density at radius 3 is 2.50 bits per heavy atom. The van der Waals surface area contributed by atoms with E-state index in [1.54, 1.807) is 7.05 Å². The van der Waals surface area contributed by atoms with Crippen molar-refractivity contribution in [2.75, 3.05) is 20.2 Å². The predicted octanol–water partition coefficient (Wildman–Crippen LogP) is 2.17. The van der Waals surface area contributed by atoms with Crippen molar-refractivity contribution in [3.05, 3.63) is 29.8 Å². The summed E-state index contributed by atoms with van der Waals surface area (Å²) < 4.78 is 5.37. The topological polar surface area (TPSA) is 53.3 Å². The van der Waals surface area contributed by atoms with Gasteiger partial charge in [0, 0.05) is 7.05 Å². The summed E-state index contributed by atoms with van der Waals surface area (Å²) in [5.41, 5.74) is 1.23. The van der Waals surface area contributed by atoms with E-state index in [1.807, 2.05) is 30.3 Å². The van der Waals surface area contributed by atoms with E-state index in [9.17, 15) is 4.79 Å². The van der Waals surface area contributed by atoms with Crippen molar-refractivity contribution >= 4 is 5.91 Å². The van der Waals surface area contributed by atoms with Crippen LogP contribution in [0.5, 0.6) is 5.75 Å². The molecule has 0 fully saturated rings. The van der Waals surface area contributed by atoms with E-state index >= 15 is 0 Å². The van der Waals surface area contributed by atoms with Crippen molar-refractivity contribution in [2.45, 2.75) is 19.8 Å². The highest BCUT2D eigenvalue weighted by Gasteiger charge is 2.08. The van der Waals surface area contributed by atoms with Crippen LogP contribution < -0.4 is 4.74 Å². The lowest BCUT2D eigenvalue weighted by molar-refractivity contribution is -0.131. The Bertz CT molecular complexity index is 432. The molecule has 0 unspecified atom stereocenters. The minimum Gasteiger partial charge on any atom is -0.484 e. The van der Waals surface area contributed by atoms with Gasteiger partial charge in [0.15, 0.2) is 6.61 Å². The molecule has 1 aromatic rings. The van der Waals surface area contributed by atoms with Gasteiger partial charge >= 0.3 is 0 Å². The van der Waals surface area contributed by atoms with Crippen molar-refractivity contribution in [1.82, 2.24) is 4.90 Å². The summed E-state index contributed by atoms with van der Waals surface area (Å²) in [4.78, 5) is 12.9. The first-order chi connectivity index (χ1) is 8.54. The lowest BCUT2D eigenvalue weighted by atomic mass is 10.0. The normalized spacial score (nSPS) is 9.94. The Kier molecular flexibility index (Phi) is 5.19. The van der Waals surface area contributed by atoms with Crippen LogP contribution in [-0.4, -0.2) is 31.0 Å². The second-order valence-corrected chi connectivity index (χ2v) is 4.42. The average molecular weight is 246 g/mol. The van der Waals surface area contributed by atoms with E-state index in [1.165, 1.54) is 10.5 Å². The van der Waals surface area contributed by atoms with Crippen LogP contribution in [-0.2, 0) is 4.79 Å². The molecule has 0 N–H and O–H groups in total. The van der Waals surface area contributed by atoms with E-state index in [0.717, 1.165) is 0 Å². The van der Waals surface area contributed by atoms with Crippen molar-refractivity contribution in [1.29, 1.82) is 5.26 Å². The molecule has 0 bridgehead atoms. The quantitative estimate of drug-likeness (QED) is 0.748. The van der Waals surface area contributed by atoms with E-state index in [0.29, 0.717) is 11.7 Å². The fourth-order valence-corrected chi connectivity index (χ4v) is 1.40. The third-order valence-electron chi connectivity index (χ3n) is 2.64. The van der Waals surface area contributed by atoms with E-state index in [2.05, 4.69) is 13.8 Å². The molecule has 0 aliphatic heterocycles. The Labute approximate surface area is 108 Å². The summed E-state index contributed by atoms with van der Waals surface area (Å²) in [5, 5.41) is 8.47. The van der Waals surface area contributed by atoms with Gasteiger partial charge in [-0.05, 0) is 23.6 Å². The van der Waals surface area contributed by atoms with Gasteiger partial charge in [0.2, 0.25) is 0 Å². The van der Waals surface area contributed by atoms with Crippen LogP contribution in [0.15, 0.2) is 24.3 Å². The summed E-state index contributed by atoms with van der Waals surface area (Å²) >= 11 is 0. The number of carbonyl (C=O) groups excluding carboxylic acids is 1. The van der Waals surface area contributed by atoms with Crippen LogP contribution >= 0.6 is 0 Å². The average Bonchev–Trinajstić information content (AvgIpc) is 2.36. The zero-order valence-electron chi connectivity index (χ0n) is 11.0. The first-order valence-electron chi connectivity index (χ1n) is 5.88. The van der Waals surface area contributed by atoms with Crippen LogP contribution in [0.1, 0.15) is 25.3 Å². The number of likely N-dealkylation sites (N-methyl/N-ethyl adjacent to an activating group) is 1. The first kappa shape index (κ1) is 14.0. The Balaban J connectivity index is 2.49. The molecule has 0 aliphatic carbocycles. The van der Waals surface area contributed by atoms with Crippen molar-refractivity contribution < 1.29 is 9.53 Å². The van der Waals surface area contributed by atoms with Gasteiger partial charge in [0.1, 0.15) is 12.3 Å². The number of nitrogens with zero attached hydrogens (tertiary/aromatic N) is 2. The molecule has 0 spiro atoms. The second kappa shape index (κ2) is 6.65. The molecule has 4 heteroatoms. The molecular weight excluding hydrogens is 228 g/mol. The number of rotatable bonds is 5. The Hall–Kier alpha value is -2.02. The number of hydrogen-bond donors (Lipinski definition) is 0. The molecule has 0 heterocycles. The highest BCUT2D eigenvalue weighted by molar-refractivity contribution is 5.77. The van der Waals surface area contributed by atoms with Crippen LogP contribution in [0.25, 0.3) is 0 Å². The summed E-state index contributed by atoms with van der Waals surface area (Å²) in [7, 11) is 1.58. The highest BCUT2D eigenvalue weighted by atomic mass is 16.5. The van der Waals surface area contributed by atoms with Crippen LogP contribution in [0.4, 0.5) is 0 Å². The SMILES string of the molecule is CC(C)c1ccc(OCC(=O)N(C)CC#N)cc1. The van der Waals surface area contributed by atoms with Crippen molar-refractivity contribution in [3.8, 4) is 11.8 Å². The molecule has 0 saturated carbocycles. The van der Waals surface area contributed by atoms with E-state index in [-0.39, 0.29) is 19.1 Å². The molecule has 0 saturated heterocycles. The molecular formula is C14H18N2O2. The fourth-order valence-electron chi connectivity index (χ4n) is 1.40. The molecule has 0 atom stereocenters.